The van der Waals surface area contributed by atoms with Crippen molar-refractivity contribution < 1.29 is 24.2 Å². The van der Waals surface area contributed by atoms with Crippen LogP contribution in [0.2, 0.25) is 0 Å². The monoisotopic (exact) mass is 216 g/mol. The first-order valence-corrected chi connectivity index (χ1v) is 5.11. The van der Waals surface area contributed by atoms with E-state index < -0.39 is 11.6 Å². The number of carboxylic acid groups (broad SMARTS) is 1. The van der Waals surface area contributed by atoms with Crippen LogP contribution in [-0.4, -0.2) is 35.9 Å². The molecule has 0 aromatic heterocycles. The van der Waals surface area contributed by atoms with Gasteiger partial charge in [-0.3, -0.25) is 4.79 Å². The van der Waals surface area contributed by atoms with Crippen molar-refractivity contribution in [1.29, 1.82) is 0 Å². The van der Waals surface area contributed by atoms with E-state index in [1.165, 1.54) is 0 Å². The lowest BCUT2D eigenvalue weighted by Crippen LogP contribution is -2.55. The van der Waals surface area contributed by atoms with Gasteiger partial charge in [-0.2, -0.15) is 0 Å². The second-order valence-electron chi connectivity index (χ2n) is 3.77. The topological polar surface area (TPSA) is 72.8 Å². The Bertz CT molecular complexity index is 232. The lowest BCUT2D eigenvalue weighted by molar-refractivity contribution is -0.199. The van der Waals surface area contributed by atoms with Gasteiger partial charge in [0.1, 0.15) is 0 Å². The third-order valence-corrected chi connectivity index (χ3v) is 2.63. The van der Waals surface area contributed by atoms with E-state index in [9.17, 15) is 9.59 Å². The molecular formula is C10H16O5. The van der Waals surface area contributed by atoms with Gasteiger partial charge in [-0.1, -0.05) is 13.3 Å². The van der Waals surface area contributed by atoms with Crippen LogP contribution < -0.4 is 0 Å². The van der Waals surface area contributed by atoms with Gasteiger partial charge in [0.2, 0.25) is 5.60 Å². The van der Waals surface area contributed by atoms with Crippen molar-refractivity contribution in [3.63, 3.8) is 0 Å². The molecule has 0 aromatic carbocycles. The summed E-state index contributed by atoms with van der Waals surface area (Å²) in [7, 11) is 0. The summed E-state index contributed by atoms with van der Waals surface area (Å²) in [6, 6.07) is 0. The van der Waals surface area contributed by atoms with Crippen LogP contribution >= 0.6 is 0 Å². The Hall–Kier alpha value is -1.10. The SMILES string of the molecule is CCCCOC1CC(OC=O)(C(=O)O)C1. The second kappa shape index (κ2) is 5.11. The highest BCUT2D eigenvalue weighted by molar-refractivity contribution is 5.80. The zero-order valence-electron chi connectivity index (χ0n) is 8.77. The minimum atomic E-state index is -1.33. The van der Waals surface area contributed by atoms with Gasteiger partial charge in [0.15, 0.2) is 0 Å². The predicted molar refractivity (Wildman–Crippen MR) is 51.4 cm³/mol. The van der Waals surface area contributed by atoms with E-state index in [4.69, 9.17) is 9.84 Å². The molecule has 0 aliphatic heterocycles. The van der Waals surface area contributed by atoms with E-state index in [0.29, 0.717) is 6.61 Å². The number of rotatable bonds is 7. The Morgan fingerprint density at radius 2 is 2.27 bits per heavy atom. The Kier molecular flexibility index (Phi) is 4.08. The maximum absolute atomic E-state index is 10.8. The summed E-state index contributed by atoms with van der Waals surface area (Å²) in [6.07, 6.45) is 2.43. The molecule has 0 unspecified atom stereocenters. The molecule has 0 heterocycles. The number of carbonyl (C=O) groups excluding carboxylic acids is 1. The van der Waals surface area contributed by atoms with Crippen LogP contribution in [0.1, 0.15) is 32.6 Å². The van der Waals surface area contributed by atoms with E-state index in [0.717, 1.165) is 12.8 Å². The molecule has 1 N–H and O–H groups in total. The van der Waals surface area contributed by atoms with Gasteiger partial charge in [-0.25, -0.2) is 4.79 Å². The highest BCUT2D eigenvalue weighted by Gasteiger charge is 2.53. The van der Waals surface area contributed by atoms with Crippen molar-refractivity contribution in [3.05, 3.63) is 0 Å². The summed E-state index contributed by atoms with van der Waals surface area (Å²) in [5.74, 6) is -1.09. The van der Waals surface area contributed by atoms with Crippen LogP contribution in [0.5, 0.6) is 0 Å². The first-order valence-electron chi connectivity index (χ1n) is 5.11. The fourth-order valence-electron chi connectivity index (χ4n) is 1.60. The molecule has 15 heavy (non-hydrogen) atoms. The smallest absolute Gasteiger partial charge is 0.348 e. The molecular weight excluding hydrogens is 200 g/mol. The number of carboxylic acids is 1. The zero-order valence-corrected chi connectivity index (χ0v) is 8.77. The molecule has 1 saturated carbocycles. The van der Waals surface area contributed by atoms with Crippen molar-refractivity contribution in [2.45, 2.75) is 44.3 Å². The van der Waals surface area contributed by atoms with Crippen LogP contribution in [0.25, 0.3) is 0 Å². The first-order chi connectivity index (χ1) is 7.14. The van der Waals surface area contributed by atoms with Crippen molar-refractivity contribution in [3.8, 4) is 0 Å². The van der Waals surface area contributed by atoms with Crippen LogP contribution in [0.4, 0.5) is 0 Å². The molecule has 0 amide bonds. The first kappa shape index (κ1) is 12.0. The molecule has 1 rings (SSSR count). The van der Waals surface area contributed by atoms with Gasteiger partial charge >= 0.3 is 5.97 Å². The maximum Gasteiger partial charge on any atom is 0.348 e. The summed E-state index contributed by atoms with van der Waals surface area (Å²) in [4.78, 5) is 21.0. The van der Waals surface area contributed by atoms with Gasteiger partial charge in [0, 0.05) is 19.4 Å². The van der Waals surface area contributed by atoms with Crippen LogP contribution in [0, 0.1) is 0 Å². The van der Waals surface area contributed by atoms with E-state index in [2.05, 4.69) is 11.7 Å². The third-order valence-electron chi connectivity index (χ3n) is 2.63. The average molecular weight is 216 g/mol. The summed E-state index contributed by atoms with van der Waals surface area (Å²) >= 11 is 0. The predicted octanol–water partition coefficient (Wildman–Crippen LogP) is 0.962. The lowest BCUT2D eigenvalue weighted by Gasteiger charge is -2.41. The third kappa shape index (κ3) is 2.68. The minimum Gasteiger partial charge on any atom is -0.478 e. The van der Waals surface area contributed by atoms with Crippen LogP contribution in [0.15, 0.2) is 0 Å². The van der Waals surface area contributed by atoms with E-state index >= 15 is 0 Å². The van der Waals surface area contributed by atoms with Crippen LogP contribution in [0.3, 0.4) is 0 Å². The van der Waals surface area contributed by atoms with Gasteiger partial charge < -0.3 is 14.6 Å². The Morgan fingerprint density at radius 1 is 1.60 bits per heavy atom. The molecule has 0 saturated heterocycles. The summed E-state index contributed by atoms with van der Waals surface area (Å²) in [5.41, 5.74) is -1.33. The summed E-state index contributed by atoms with van der Waals surface area (Å²) in [6.45, 7) is 2.88. The molecule has 0 spiro atoms. The summed E-state index contributed by atoms with van der Waals surface area (Å²) < 4.78 is 10.0. The molecule has 0 aromatic rings. The van der Waals surface area contributed by atoms with Crippen molar-refractivity contribution >= 4 is 12.4 Å². The van der Waals surface area contributed by atoms with E-state index in [1.807, 2.05) is 0 Å². The molecule has 1 fully saturated rings. The standard InChI is InChI=1S/C10H16O5/c1-2-3-4-14-8-5-10(6-8,9(12)13)15-7-11/h7-8H,2-6H2,1H3,(H,12,13). The Morgan fingerprint density at radius 3 is 2.73 bits per heavy atom. The van der Waals surface area contributed by atoms with Gasteiger partial charge in [0.25, 0.3) is 6.47 Å². The van der Waals surface area contributed by atoms with Gasteiger partial charge in [0.05, 0.1) is 6.10 Å². The number of ether oxygens (including phenoxy) is 2. The minimum absolute atomic E-state index is 0.0902. The largest absolute Gasteiger partial charge is 0.478 e. The highest BCUT2D eigenvalue weighted by Crippen LogP contribution is 2.37. The Labute approximate surface area is 88.4 Å². The van der Waals surface area contributed by atoms with Crippen LogP contribution in [-0.2, 0) is 19.1 Å². The molecule has 1 aliphatic rings. The summed E-state index contributed by atoms with van der Waals surface area (Å²) in [5, 5.41) is 8.86. The number of aliphatic carboxylic acids is 1. The number of unbranched alkanes of at least 4 members (excludes halogenated alkanes) is 1. The molecule has 0 radical (unpaired) electrons. The quantitative estimate of drug-likeness (QED) is 0.507. The zero-order chi connectivity index (χ0) is 11.3. The fraction of sp³-hybridized carbons (Fsp3) is 0.800. The lowest BCUT2D eigenvalue weighted by atomic mass is 9.77. The van der Waals surface area contributed by atoms with Gasteiger partial charge in [-0.05, 0) is 6.42 Å². The van der Waals surface area contributed by atoms with E-state index in [-0.39, 0.29) is 25.4 Å². The molecule has 5 nitrogen and oxygen atoms in total. The molecule has 0 atom stereocenters. The van der Waals surface area contributed by atoms with Gasteiger partial charge in [-0.15, -0.1) is 0 Å². The number of carbonyl (C=O) groups is 2. The molecule has 1 aliphatic carbocycles. The average Bonchev–Trinajstić information content (AvgIpc) is 2.13. The molecule has 5 heteroatoms. The number of hydrogen-bond acceptors (Lipinski definition) is 4. The van der Waals surface area contributed by atoms with Crippen molar-refractivity contribution in [2.75, 3.05) is 6.61 Å². The molecule has 0 bridgehead atoms. The second-order valence-corrected chi connectivity index (χ2v) is 3.77. The molecule has 86 valence electrons. The normalized spacial score (nSPS) is 29.3. The van der Waals surface area contributed by atoms with E-state index in [1.54, 1.807) is 0 Å². The highest BCUT2D eigenvalue weighted by atomic mass is 16.6. The number of hydrogen-bond donors (Lipinski definition) is 1. The van der Waals surface area contributed by atoms with Crippen molar-refractivity contribution in [1.82, 2.24) is 0 Å². The Balaban J connectivity index is 2.31. The fourth-order valence-corrected chi connectivity index (χ4v) is 1.60. The van der Waals surface area contributed by atoms with Crippen molar-refractivity contribution in [2.24, 2.45) is 0 Å². The maximum atomic E-state index is 10.8.